The molecular formula is C11H17N5S. The number of hydrogen-bond donors (Lipinski definition) is 2. The smallest absolute Gasteiger partial charge is 0.148 e. The molecule has 0 fully saturated rings. The van der Waals surface area contributed by atoms with Crippen molar-refractivity contribution in [1.29, 1.82) is 0 Å². The first-order valence-electron chi connectivity index (χ1n) is 5.60. The highest BCUT2D eigenvalue weighted by Gasteiger charge is 2.15. The first-order valence-corrected chi connectivity index (χ1v) is 6.48. The van der Waals surface area contributed by atoms with Crippen molar-refractivity contribution in [3.05, 3.63) is 22.3 Å². The second kappa shape index (κ2) is 4.75. The van der Waals surface area contributed by atoms with Crippen LogP contribution in [0.3, 0.4) is 0 Å². The van der Waals surface area contributed by atoms with Gasteiger partial charge in [-0.05, 0) is 13.3 Å². The summed E-state index contributed by atoms with van der Waals surface area (Å²) in [5.41, 5.74) is 7.72. The van der Waals surface area contributed by atoms with Crippen molar-refractivity contribution in [2.75, 3.05) is 11.1 Å². The minimum atomic E-state index is 0.136. The summed E-state index contributed by atoms with van der Waals surface area (Å²) in [7, 11) is 1.90. The van der Waals surface area contributed by atoms with Crippen molar-refractivity contribution in [1.82, 2.24) is 14.8 Å². The van der Waals surface area contributed by atoms with Gasteiger partial charge in [0.2, 0.25) is 0 Å². The summed E-state index contributed by atoms with van der Waals surface area (Å²) in [6.45, 7) is 4.11. The highest BCUT2D eigenvalue weighted by molar-refractivity contribution is 7.09. The maximum Gasteiger partial charge on any atom is 0.148 e. The van der Waals surface area contributed by atoms with E-state index in [4.69, 9.17) is 5.73 Å². The molecule has 17 heavy (non-hydrogen) atoms. The summed E-state index contributed by atoms with van der Waals surface area (Å²) in [5, 5.41) is 10.7. The number of rotatable bonds is 4. The van der Waals surface area contributed by atoms with E-state index in [9.17, 15) is 0 Å². The molecule has 0 amide bonds. The zero-order valence-electron chi connectivity index (χ0n) is 10.3. The molecule has 0 aliphatic rings. The fourth-order valence-electron chi connectivity index (χ4n) is 1.74. The molecule has 2 aromatic heterocycles. The Hall–Kier alpha value is -1.56. The van der Waals surface area contributed by atoms with Crippen LogP contribution in [0.1, 0.15) is 30.6 Å². The molecule has 0 aromatic carbocycles. The molecule has 2 heterocycles. The van der Waals surface area contributed by atoms with E-state index in [0.717, 1.165) is 28.6 Å². The number of thiazole rings is 1. The van der Waals surface area contributed by atoms with Crippen molar-refractivity contribution >= 4 is 22.8 Å². The third-order valence-corrected chi connectivity index (χ3v) is 3.63. The lowest BCUT2D eigenvalue weighted by molar-refractivity contribution is 0.733. The summed E-state index contributed by atoms with van der Waals surface area (Å²) in [4.78, 5) is 4.28. The molecule has 0 aliphatic carbocycles. The van der Waals surface area contributed by atoms with Crippen molar-refractivity contribution in [3.8, 4) is 0 Å². The van der Waals surface area contributed by atoms with E-state index in [-0.39, 0.29) is 6.04 Å². The van der Waals surface area contributed by atoms with Crippen LogP contribution in [0.2, 0.25) is 0 Å². The molecule has 0 bridgehead atoms. The Morgan fingerprint density at radius 2 is 2.35 bits per heavy atom. The van der Waals surface area contributed by atoms with E-state index < -0.39 is 0 Å². The van der Waals surface area contributed by atoms with Crippen LogP contribution in [0.15, 0.2) is 11.6 Å². The van der Waals surface area contributed by atoms with Gasteiger partial charge in [-0.3, -0.25) is 4.68 Å². The first-order chi connectivity index (χ1) is 8.13. The van der Waals surface area contributed by atoms with Gasteiger partial charge in [0.25, 0.3) is 0 Å². The van der Waals surface area contributed by atoms with Crippen molar-refractivity contribution in [3.63, 3.8) is 0 Å². The molecule has 1 atom stereocenters. The van der Waals surface area contributed by atoms with Gasteiger partial charge in [0.15, 0.2) is 0 Å². The molecule has 92 valence electrons. The van der Waals surface area contributed by atoms with E-state index in [1.165, 1.54) is 0 Å². The molecule has 3 N–H and O–H groups in total. The normalized spacial score (nSPS) is 12.6. The number of nitrogens with two attached hydrogens (primary N) is 1. The van der Waals surface area contributed by atoms with E-state index >= 15 is 0 Å². The topological polar surface area (TPSA) is 68.8 Å². The average Bonchev–Trinajstić information content (AvgIpc) is 2.92. The zero-order chi connectivity index (χ0) is 12.4. The van der Waals surface area contributed by atoms with Crippen LogP contribution in [-0.4, -0.2) is 14.8 Å². The molecule has 2 aromatic rings. The van der Waals surface area contributed by atoms with E-state index in [1.807, 2.05) is 25.5 Å². The van der Waals surface area contributed by atoms with Gasteiger partial charge in [-0.2, -0.15) is 5.10 Å². The number of nitrogen functional groups attached to an aromatic ring is 1. The van der Waals surface area contributed by atoms with Gasteiger partial charge in [-0.25, -0.2) is 4.98 Å². The van der Waals surface area contributed by atoms with Crippen LogP contribution in [0.25, 0.3) is 0 Å². The maximum atomic E-state index is 6.05. The largest absolute Gasteiger partial charge is 0.394 e. The number of aromatic nitrogens is 3. The minimum Gasteiger partial charge on any atom is -0.394 e. The fourth-order valence-corrected chi connectivity index (χ4v) is 2.39. The summed E-state index contributed by atoms with van der Waals surface area (Å²) in [5.74, 6) is 0.865. The predicted octanol–water partition coefficient (Wildman–Crippen LogP) is 2.19. The summed E-state index contributed by atoms with van der Waals surface area (Å²) < 4.78 is 1.79. The van der Waals surface area contributed by atoms with Gasteiger partial charge in [0.05, 0.1) is 17.4 Å². The molecule has 2 rings (SSSR count). The lowest BCUT2D eigenvalue weighted by Gasteiger charge is -2.13. The number of nitrogens with zero attached hydrogens (tertiary/aromatic N) is 3. The van der Waals surface area contributed by atoms with Crippen molar-refractivity contribution < 1.29 is 0 Å². The SMILES string of the molecule is CCc1nn(C)c(NC(C)c2nccs2)c1N. The van der Waals surface area contributed by atoms with Gasteiger partial charge >= 0.3 is 0 Å². The number of nitrogens with one attached hydrogen (secondary N) is 1. The summed E-state index contributed by atoms with van der Waals surface area (Å²) in [6.07, 6.45) is 2.65. The van der Waals surface area contributed by atoms with Crippen LogP contribution in [-0.2, 0) is 13.5 Å². The van der Waals surface area contributed by atoms with E-state index in [1.54, 1.807) is 16.0 Å². The molecule has 5 nitrogen and oxygen atoms in total. The molecule has 0 saturated heterocycles. The molecule has 1 unspecified atom stereocenters. The van der Waals surface area contributed by atoms with Crippen LogP contribution in [0, 0.1) is 0 Å². The predicted molar refractivity (Wildman–Crippen MR) is 71.2 cm³/mol. The molecule has 0 radical (unpaired) electrons. The van der Waals surface area contributed by atoms with Crippen LogP contribution in [0.4, 0.5) is 11.5 Å². The third kappa shape index (κ3) is 2.26. The lowest BCUT2D eigenvalue weighted by Crippen LogP contribution is -2.11. The second-order valence-electron chi connectivity index (χ2n) is 3.92. The lowest BCUT2D eigenvalue weighted by atomic mass is 10.3. The van der Waals surface area contributed by atoms with Gasteiger partial charge in [0, 0.05) is 18.6 Å². The highest BCUT2D eigenvalue weighted by atomic mass is 32.1. The maximum absolute atomic E-state index is 6.05. The Balaban J connectivity index is 2.21. The number of hydrogen-bond acceptors (Lipinski definition) is 5. The zero-order valence-corrected chi connectivity index (χ0v) is 11.1. The third-order valence-electron chi connectivity index (χ3n) is 2.67. The summed E-state index contributed by atoms with van der Waals surface area (Å²) in [6, 6.07) is 0.136. The van der Waals surface area contributed by atoms with E-state index in [2.05, 4.69) is 22.3 Å². The Kier molecular flexibility index (Phi) is 3.33. The first kappa shape index (κ1) is 11.9. The number of anilines is 2. The van der Waals surface area contributed by atoms with Crippen LogP contribution >= 0.6 is 11.3 Å². The molecule has 6 heteroatoms. The minimum absolute atomic E-state index is 0.136. The fraction of sp³-hybridized carbons (Fsp3) is 0.455. The summed E-state index contributed by atoms with van der Waals surface area (Å²) >= 11 is 1.63. The van der Waals surface area contributed by atoms with Gasteiger partial charge in [0.1, 0.15) is 10.8 Å². The van der Waals surface area contributed by atoms with E-state index in [0.29, 0.717) is 0 Å². The second-order valence-corrected chi connectivity index (χ2v) is 4.85. The Morgan fingerprint density at radius 1 is 1.59 bits per heavy atom. The van der Waals surface area contributed by atoms with Crippen LogP contribution in [0.5, 0.6) is 0 Å². The average molecular weight is 251 g/mol. The van der Waals surface area contributed by atoms with Gasteiger partial charge in [-0.15, -0.1) is 11.3 Å². The van der Waals surface area contributed by atoms with Crippen molar-refractivity contribution in [2.45, 2.75) is 26.3 Å². The molecule has 0 saturated carbocycles. The quantitative estimate of drug-likeness (QED) is 0.874. The Morgan fingerprint density at radius 3 is 2.88 bits per heavy atom. The molecular weight excluding hydrogens is 234 g/mol. The molecule has 0 spiro atoms. The van der Waals surface area contributed by atoms with Crippen molar-refractivity contribution in [2.24, 2.45) is 7.05 Å². The monoisotopic (exact) mass is 251 g/mol. The van der Waals surface area contributed by atoms with Gasteiger partial charge in [-0.1, -0.05) is 6.92 Å². The standard InChI is InChI=1S/C11H17N5S/c1-4-8-9(12)10(16(3)15-8)14-7(2)11-13-5-6-17-11/h5-7,14H,4,12H2,1-3H3. The Labute approximate surface area is 105 Å². The highest BCUT2D eigenvalue weighted by Crippen LogP contribution is 2.27. The van der Waals surface area contributed by atoms with Crippen LogP contribution < -0.4 is 11.1 Å². The van der Waals surface area contributed by atoms with Gasteiger partial charge < -0.3 is 11.1 Å². The molecule has 0 aliphatic heterocycles. The number of aryl methyl sites for hydroxylation is 2. The Bertz CT molecular complexity index is 488.